The molecule has 0 amide bonds. The molecule has 1 aromatic carbocycles. The zero-order chi connectivity index (χ0) is 13.1. The average molecular weight is 274 g/mol. The first kappa shape index (κ1) is 13.0. The normalized spacial score (nSPS) is 26.2. The van der Waals surface area contributed by atoms with Crippen LogP contribution in [-0.4, -0.2) is 34.8 Å². The van der Waals surface area contributed by atoms with Crippen LogP contribution < -0.4 is 0 Å². The van der Waals surface area contributed by atoms with Crippen LogP contribution in [0.5, 0.6) is 0 Å². The molecular weight excluding hydrogens is 252 g/mol. The molecule has 2 unspecified atom stereocenters. The first-order chi connectivity index (χ1) is 9.38. The minimum atomic E-state index is 0.360. The molecule has 0 saturated carbocycles. The lowest BCUT2D eigenvalue weighted by atomic mass is 10.1. The van der Waals surface area contributed by atoms with Gasteiger partial charge in [-0.3, -0.25) is 4.99 Å². The van der Waals surface area contributed by atoms with Crippen molar-refractivity contribution < 1.29 is 0 Å². The van der Waals surface area contributed by atoms with E-state index in [4.69, 9.17) is 4.99 Å². The first-order valence-electron chi connectivity index (χ1n) is 7.37. The van der Waals surface area contributed by atoms with Gasteiger partial charge in [0.25, 0.3) is 0 Å². The number of rotatable bonds is 4. The van der Waals surface area contributed by atoms with Gasteiger partial charge >= 0.3 is 0 Å². The second-order valence-corrected chi connectivity index (χ2v) is 6.67. The zero-order valence-electron chi connectivity index (χ0n) is 11.6. The molecule has 0 bridgehead atoms. The van der Waals surface area contributed by atoms with Crippen molar-refractivity contribution in [1.29, 1.82) is 0 Å². The van der Waals surface area contributed by atoms with E-state index in [0.717, 1.165) is 6.54 Å². The third kappa shape index (κ3) is 2.81. The maximum absolute atomic E-state index is 5.04. The van der Waals surface area contributed by atoms with Crippen LogP contribution in [0, 0.1) is 0 Å². The Morgan fingerprint density at radius 3 is 2.95 bits per heavy atom. The molecule has 0 radical (unpaired) electrons. The lowest BCUT2D eigenvalue weighted by molar-refractivity contribution is 0.387. The van der Waals surface area contributed by atoms with Crippen molar-refractivity contribution in [3.8, 4) is 0 Å². The highest BCUT2D eigenvalue weighted by Crippen LogP contribution is 2.33. The van der Waals surface area contributed by atoms with Crippen molar-refractivity contribution in [3.63, 3.8) is 0 Å². The SMILES string of the molecule is CCCSC1CCCN2CC(c3ccccc3)N=C12. The van der Waals surface area contributed by atoms with Gasteiger partial charge in [0.15, 0.2) is 0 Å². The molecule has 3 heteroatoms. The van der Waals surface area contributed by atoms with Gasteiger partial charge in [0, 0.05) is 13.1 Å². The lowest BCUT2D eigenvalue weighted by Crippen LogP contribution is -2.40. The molecule has 1 aromatic rings. The summed E-state index contributed by atoms with van der Waals surface area (Å²) in [6, 6.07) is 11.1. The van der Waals surface area contributed by atoms with Crippen LogP contribution in [-0.2, 0) is 0 Å². The molecule has 2 aliphatic rings. The summed E-state index contributed by atoms with van der Waals surface area (Å²) in [5.41, 5.74) is 1.36. The minimum Gasteiger partial charge on any atom is -0.357 e. The molecule has 1 saturated heterocycles. The number of amidine groups is 1. The second kappa shape index (κ2) is 6.00. The molecule has 2 aliphatic heterocycles. The van der Waals surface area contributed by atoms with Crippen LogP contribution >= 0.6 is 11.8 Å². The fraction of sp³-hybridized carbons (Fsp3) is 0.562. The van der Waals surface area contributed by atoms with Crippen LogP contribution in [0.15, 0.2) is 35.3 Å². The van der Waals surface area contributed by atoms with Gasteiger partial charge in [0.2, 0.25) is 0 Å². The monoisotopic (exact) mass is 274 g/mol. The molecule has 0 aromatic heterocycles. The van der Waals surface area contributed by atoms with Gasteiger partial charge in [-0.25, -0.2) is 0 Å². The largest absolute Gasteiger partial charge is 0.357 e. The Balaban J connectivity index is 1.76. The predicted molar refractivity (Wildman–Crippen MR) is 84.0 cm³/mol. The van der Waals surface area contributed by atoms with E-state index in [9.17, 15) is 0 Å². The Labute approximate surface area is 120 Å². The van der Waals surface area contributed by atoms with E-state index >= 15 is 0 Å². The van der Waals surface area contributed by atoms with Crippen molar-refractivity contribution in [2.24, 2.45) is 4.99 Å². The fourth-order valence-electron chi connectivity index (χ4n) is 2.95. The van der Waals surface area contributed by atoms with Gasteiger partial charge < -0.3 is 4.90 Å². The number of aliphatic imine (C=N–C) groups is 1. The molecule has 0 spiro atoms. The van der Waals surface area contributed by atoms with E-state index < -0.39 is 0 Å². The molecule has 2 heterocycles. The van der Waals surface area contributed by atoms with Crippen LogP contribution in [0.2, 0.25) is 0 Å². The third-order valence-corrected chi connectivity index (χ3v) is 5.39. The van der Waals surface area contributed by atoms with Gasteiger partial charge in [-0.2, -0.15) is 11.8 Å². The zero-order valence-corrected chi connectivity index (χ0v) is 12.4. The molecule has 2 atom stereocenters. The molecule has 102 valence electrons. The minimum absolute atomic E-state index is 0.360. The maximum atomic E-state index is 5.04. The molecule has 1 fully saturated rings. The summed E-state index contributed by atoms with van der Waals surface area (Å²) < 4.78 is 0. The van der Waals surface area contributed by atoms with Crippen LogP contribution in [0.3, 0.4) is 0 Å². The molecule has 2 nitrogen and oxygen atoms in total. The van der Waals surface area contributed by atoms with E-state index in [1.165, 1.54) is 43.0 Å². The Morgan fingerprint density at radius 2 is 2.16 bits per heavy atom. The Kier molecular flexibility index (Phi) is 4.12. The van der Waals surface area contributed by atoms with Crippen LogP contribution in [0.4, 0.5) is 0 Å². The quantitative estimate of drug-likeness (QED) is 0.831. The van der Waals surface area contributed by atoms with Crippen molar-refractivity contribution in [2.75, 3.05) is 18.8 Å². The molecule has 0 aliphatic carbocycles. The maximum Gasteiger partial charge on any atom is 0.113 e. The van der Waals surface area contributed by atoms with E-state index in [1.54, 1.807) is 0 Å². The van der Waals surface area contributed by atoms with E-state index in [0.29, 0.717) is 11.3 Å². The number of hydrogen-bond donors (Lipinski definition) is 0. The van der Waals surface area contributed by atoms with Crippen molar-refractivity contribution >= 4 is 17.6 Å². The summed E-state index contributed by atoms with van der Waals surface area (Å²) in [4.78, 5) is 7.56. The molecule has 0 N–H and O–H groups in total. The fourth-order valence-corrected chi connectivity index (χ4v) is 4.16. The number of benzene rings is 1. The highest BCUT2D eigenvalue weighted by Gasteiger charge is 2.33. The highest BCUT2D eigenvalue weighted by molar-refractivity contribution is 8.00. The summed E-state index contributed by atoms with van der Waals surface area (Å²) in [6.07, 6.45) is 3.89. The summed E-state index contributed by atoms with van der Waals surface area (Å²) in [6.45, 7) is 4.55. The average Bonchev–Trinajstić information content (AvgIpc) is 2.90. The standard InChI is InChI=1S/C16H22N2S/c1-2-11-19-15-9-6-10-18-12-14(17-16(15)18)13-7-4-3-5-8-13/h3-5,7-8,14-15H,2,6,9-12H2,1H3. The van der Waals surface area contributed by atoms with Crippen LogP contribution in [0.1, 0.15) is 37.8 Å². The van der Waals surface area contributed by atoms with E-state index in [2.05, 4.69) is 53.9 Å². The Morgan fingerprint density at radius 1 is 1.32 bits per heavy atom. The number of thioether (sulfide) groups is 1. The topological polar surface area (TPSA) is 15.6 Å². The molecular formula is C16H22N2S. The van der Waals surface area contributed by atoms with E-state index in [1.807, 2.05) is 0 Å². The van der Waals surface area contributed by atoms with Crippen molar-refractivity contribution in [1.82, 2.24) is 4.90 Å². The van der Waals surface area contributed by atoms with Gasteiger partial charge in [-0.15, -0.1) is 0 Å². The van der Waals surface area contributed by atoms with Gasteiger partial charge in [-0.05, 0) is 30.6 Å². The lowest BCUT2D eigenvalue weighted by Gasteiger charge is -2.31. The van der Waals surface area contributed by atoms with E-state index in [-0.39, 0.29) is 0 Å². The predicted octanol–water partition coefficient (Wildman–Crippen LogP) is 3.75. The summed E-state index contributed by atoms with van der Waals surface area (Å²) in [5, 5.41) is 0.641. The van der Waals surface area contributed by atoms with Gasteiger partial charge in [0.1, 0.15) is 5.84 Å². The van der Waals surface area contributed by atoms with Gasteiger partial charge in [-0.1, -0.05) is 37.3 Å². The Hall–Kier alpha value is -0.960. The number of nitrogens with zero attached hydrogens (tertiary/aromatic N) is 2. The first-order valence-corrected chi connectivity index (χ1v) is 8.42. The summed E-state index contributed by atoms with van der Waals surface area (Å²) in [7, 11) is 0. The van der Waals surface area contributed by atoms with Gasteiger partial charge in [0.05, 0.1) is 11.3 Å². The molecule has 19 heavy (non-hydrogen) atoms. The van der Waals surface area contributed by atoms with Crippen molar-refractivity contribution in [2.45, 2.75) is 37.5 Å². The number of hydrogen-bond acceptors (Lipinski definition) is 3. The smallest absolute Gasteiger partial charge is 0.113 e. The number of piperidine rings is 1. The third-order valence-electron chi connectivity index (χ3n) is 3.90. The highest BCUT2D eigenvalue weighted by atomic mass is 32.2. The molecule has 3 rings (SSSR count). The van der Waals surface area contributed by atoms with Crippen LogP contribution in [0.25, 0.3) is 0 Å². The second-order valence-electron chi connectivity index (χ2n) is 5.36. The number of fused-ring (bicyclic) bond motifs is 1. The Bertz CT molecular complexity index is 443. The van der Waals surface area contributed by atoms with Crippen molar-refractivity contribution in [3.05, 3.63) is 35.9 Å². The summed E-state index contributed by atoms with van der Waals surface area (Å²) in [5.74, 6) is 2.63. The summed E-state index contributed by atoms with van der Waals surface area (Å²) >= 11 is 2.10.